The molecule has 0 radical (unpaired) electrons. The number of carbonyl (C=O) groups excluding carboxylic acids is 1. The first kappa shape index (κ1) is 13.9. The molecule has 1 aliphatic heterocycles. The van der Waals surface area contributed by atoms with Crippen LogP contribution in [-0.2, 0) is 0 Å². The molecule has 1 fully saturated rings. The Balaban J connectivity index is 1.99. The van der Waals surface area contributed by atoms with Gasteiger partial charge in [-0.05, 0) is 24.1 Å². The maximum atomic E-state index is 12.8. The van der Waals surface area contributed by atoms with Gasteiger partial charge in [-0.25, -0.2) is 4.98 Å². The minimum Gasteiger partial charge on any atom is -0.373 e. The monoisotopic (exact) mass is 283 g/mol. The highest BCUT2D eigenvalue weighted by Crippen LogP contribution is 2.26. The molecule has 110 valence electrons. The Morgan fingerprint density at radius 1 is 1.24 bits per heavy atom. The van der Waals surface area contributed by atoms with Crippen LogP contribution in [-0.4, -0.2) is 35.9 Å². The van der Waals surface area contributed by atoms with Crippen molar-refractivity contribution >= 4 is 22.5 Å². The van der Waals surface area contributed by atoms with Crippen LogP contribution in [0.5, 0.6) is 0 Å². The van der Waals surface area contributed by atoms with Crippen LogP contribution < -0.4 is 5.32 Å². The van der Waals surface area contributed by atoms with Gasteiger partial charge in [0.15, 0.2) is 0 Å². The molecule has 3 rings (SSSR count). The summed E-state index contributed by atoms with van der Waals surface area (Å²) >= 11 is 0. The van der Waals surface area contributed by atoms with E-state index in [1.54, 1.807) is 6.20 Å². The van der Waals surface area contributed by atoms with Crippen LogP contribution in [0.1, 0.15) is 30.1 Å². The second-order valence-electron chi connectivity index (χ2n) is 5.79. The fourth-order valence-electron chi connectivity index (χ4n) is 2.94. The Bertz CT molecular complexity index is 660. The molecule has 1 aliphatic rings. The summed E-state index contributed by atoms with van der Waals surface area (Å²) in [6.07, 6.45) is 3.88. The van der Waals surface area contributed by atoms with E-state index in [1.807, 2.05) is 36.2 Å². The van der Waals surface area contributed by atoms with Crippen LogP contribution >= 0.6 is 0 Å². The number of carbonyl (C=O) groups is 1. The lowest BCUT2D eigenvalue weighted by Crippen LogP contribution is -2.38. The molecule has 1 saturated heterocycles. The quantitative estimate of drug-likeness (QED) is 0.921. The van der Waals surface area contributed by atoms with Crippen LogP contribution in [0, 0.1) is 5.92 Å². The van der Waals surface area contributed by atoms with Crippen molar-refractivity contribution in [3.63, 3.8) is 0 Å². The van der Waals surface area contributed by atoms with E-state index in [9.17, 15) is 4.79 Å². The van der Waals surface area contributed by atoms with Crippen molar-refractivity contribution in [1.29, 1.82) is 0 Å². The summed E-state index contributed by atoms with van der Waals surface area (Å²) in [5.74, 6) is 1.64. The molecule has 0 unspecified atom stereocenters. The Morgan fingerprint density at radius 3 is 2.57 bits per heavy atom. The van der Waals surface area contributed by atoms with E-state index in [2.05, 4.69) is 17.2 Å². The highest BCUT2D eigenvalue weighted by atomic mass is 16.2. The van der Waals surface area contributed by atoms with Crippen molar-refractivity contribution in [3.05, 3.63) is 36.0 Å². The van der Waals surface area contributed by atoms with Gasteiger partial charge in [0.1, 0.15) is 5.82 Å². The third-order valence-corrected chi connectivity index (χ3v) is 4.33. The van der Waals surface area contributed by atoms with E-state index in [4.69, 9.17) is 0 Å². The van der Waals surface area contributed by atoms with Gasteiger partial charge >= 0.3 is 0 Å². The smallest absolute Gasteiger partial charge is 0.256 e. The van der Waals surface area contributed by atoms with E-state index in [1.165, 1.54) is 0 Å². The number of hydrogen-bond acceptors (Lipinski definition) is 3. The van der Waals surface area contributed by atoms with Gasteiger partial charge in [-0.15, -0.1) is 0 Å². The van der Waals surface area contributed by atoms with Gasteiger partial charge < -0.3 is 10.2 Å². The molecule has 1 N–H and O–H groups in total. The molecule has 4 heteroatoms. The summed E-state index contributed by atoms with van der Waals surface area (Å²) in [5.41, 5.74) is 0.708. The van der Waals surface area contributed by atoms with Gasteiger partial charge in [0.25, 0.3) is 5.91 Å². The number of rotatable bonds is 2. The molecular formula is C17H21N3O. The maximum absolute atomic E-state index is 12.8. The Kier molecular flexibility index (Phi) is 3.78. The van der Waals surface area contributed by atoms with E-state index in [0.29, 0.717) is 5.56 Å². The molecule has 0 bridgehead atoms. The third kappa shape index (κ3) is 2.58. The van der Waals surface area contributed by atoms with Crippen LogP contribution in [0.15, 0.2) is 30.5 Å². The lowest BCUT2D eigenvalue weighted by atomic mass is 9.98. The van der Waals surface area contributed by atoms with Crippen LogP contribution in [0.4, 0.5) is 5.82 Å². The normalized spacial score (nSPS) is 16.2. The SMILES string of the molecule is CNc1ncc(C(=O)N2CCC(C)CC2)c2ccccc12. The van der Waals surface area contributed by atoms with Gasteiger partial charge in [0.05, 0.1) is 5.56 Å². The highest BCUT2D eigenvalue weighted by Gasteiger charge is 2.23. The zero-order chi connectivity index (χ0) is 14.8. The van der Waals surface area contributed by atoms with Gasteiger partial charge in [0.2, 0.25) is 0 Å². The van der Waals surface area contributed by atoms with E-state index in [-0.39, 0.29) is 5.91 Å². The van der Waals surface area contributed by atoms with Crippen molar-refractivity contribution < 1.29 is 4.79 Å². The second kappa shape index (κ2) is 5.72. The van der Waals surface area contributed by atoms with Crippen molar-refractivity contribution in [1.82, 2.24) is 9.88 Å². The van der Waals surface area contributed by atoms with E-state index < -0.39 is 0 Å². The standard InChI is InChI=1S/C17H21N3O/c1-12-7-9-20(10-8-12)17(21)15-11-19-16(18-2)14-6-4-3-5-13(14)15/h3-6,11-12H,7-10H2,1-2H3,(H,18,19). The number of likely N-dealkylation sites (tertiary alicyclic amines) is 1. The lowest BCUT2D eigenvalue weighted by Gasteiger charge is -2.30. The molecule has 0 spiro atoms. The van der Waals surface area contributed by atoms with Gasteiger partial charge in [-0.2, -0.15) is 0 Å². The molecular weight excluding hydrogens is 262 g/mol. The van der Waals surface area contributed by atoms with Gasteiger partial charge in [-0.1, -0.05) is 31.2 Å². The van der Waals surface area contributed by atoms with Gasteiger partial charge in [0, 0.05) is 31.7 Å². The van der Waals surface area contributed by atoms with Crippen LogP contribution in [0.2, 0.25) is 0 Å². The number of anilines is 1. The molecule has 4 nitrogen and oxygen atoms in total. The maximum Gasteiger partial charge on any atom is 0.256 e. The number of piperidine rings is 1. The number of pyridine rings is 1. The van der Waals surface area contributed by atoms with Crippen LogP contribution in [0.3, 0.4) is 0 Å². The summed E-state index contributed by atoms with van der Waals surface area (Å²) < 4.78 is 0. The number of hydrogen-bond donors (Lipinski definition) is 1. The molecule has 2 aromatic rings. The van der Waals surface area contributed by atoms with Gasteiger partial charge in [-0.3, -0.25) is 4.79 Å². The minimum absolute atomic E-state index is 0.105. The highest BCUT2D eigenvalue weighted by molar-refractivity contribution is 6.09. The Hall–Kier alpha value is -2.10. The van der Waals surface area contributed by atoms with Crippen LogP contribution in [0.25, 0.3) is 10.8 Å². The number of nitrogens with zero attached hydrogens (tertiary/aromatic N) is 2. The Labute approximate surface area is 125 Å². The summed E-state index contributed by atoms with van der Waals surface area (Å²) in [4.78, 5) is 19.1. The average Bonchev–Trinajstić information content (AvgIpc) is 2.54. The Morgan fingerprint density at radius 2 is 1.90 bits per heavy atom. The molecule has 0 atom stereocenters. The number of aromatic nitrogens is 1. The number of nitrogens with one attached hydrogen (secondary N) is 1. The largest absolute Gasteiger partial charge is 0.373 e. The first-order valence-corrected chi connectivity index (χ1v) is 7.55. The van der Waals surface area contributed by atoms with Crippen molar-refractivity contribution in [2.75, 3.05) is 25.5 Å². The van der Waals surface area contributed by atoms with Crippen molar-refractivity contribution in [3.8, 4) is 0 Å². The topological polar surface area (TPSA) is 45.2 Å². The zero-order valence-electron chi connectivity index (χ0n) is 12.6. The molecule has 0 aliphatic carbocycles. The third-order valence-electron chi connectivity index (χ3n) is 4.33. The summed E-state index contributed by atoms with van der Waals surface area (Å²) in [5, 5.41) is 5.05. The lowest BCUT2D eigenvalue weighted by molar-refractivity contribution is 0.0699. The fraction of sp³-hybridized carbons (Fsp3) is 0.412. The first-order valence-electron chi connectivity index (χ1n) is 7.55. The summed E-state index contributed by atoms with van der Waals surface area (Å²) in [7, 11) is 1.85. The molecule has 1 aromatic carbocycles. The molecule has 21 heavy (non-hydrogen) atoms. The predicted octanol–water partition coefficient (Wildman–Crippen LogP) is 3.15. The fourth-order valence-corrected chi connectivity index (χ4v) is 2.94. The molecule has 0 saturated carbocycles. The predicted molar refractivity (Wildman–Crippen MR) is 85.6 cm³/mol. The molecule has 1 aromatic heterocycles. The molecule has 2 heterocycles. The zero-order valence-corrected chi connectivity index (χ0v) is 12.6. The summed E-state index contributed by atoms with van der Waals surface area (Å²) in [6, 6.07) is 7.94. The molecule has 1 amide bonds. The van der Waals surface area contributed by atoms with E-state index in [0.717, 1.165) is 48.4 Å². The van der Waals surface area contributed by atoms with E-state index >= 15 is 0 Å². The number of fused-ring (bicyclic) bond motifs is 1. The number of amides is 1. The first-order chi connectivity index (χ1) is 10.2. The number of benzene rings is 1. The second-order valence-corrected chi connectivity index (χ2v) is 5.79. The van der Waals surface area contributed by atoms with Crippen molar-refractivity contribution in [2.24, 2.45) is 5.92 Å². The van der Waals surface area contributed by atoms with Crippen molar-refractivity contribution in [2.45, 2.75) is 19.8 Å². The minimum atomic E-state index is 0.105. The summed E-state index contributed by atoms with van der Waals surface area (Å²) in [6.45, 7) is 3.95. The average molecular weight is 283 g/mol.